The van der Waals surface area contributed by atoms with Gasteiger partial charge in [-0.05, 0) is 50.7 Å². The minimum absolute atomic E-state index is 0.00952. The van der Waals surface area contributed by atoms with Crippen molar-refractivity contribution >= 4 is 17.2 Å². The Balaban J connectivity index is 2.01. The van der Waals surface area contributed by atoms with Crippen LogP contribution in [0.2, 0.25) is 0 Å². The molecule has 0 fully saturated rings. The average Bonchev–Trinajstić information content (AvgIpc) is 3.09. The van der Waals surface area contributed by atoms with E-state index in [-0.39, 0.29) is 17.4 Å². The predicted octanol–water partition coefficient (Wildman–Crippen LogP) is 3.82. The highest BCUT2D eigenvalue weighted by molar-refractivity contribution is 7.07. The van der Waals surface area contributed by atoms with Gasteiger partial charge < -0.3 is 15.0 Å². The van der Waals surface area contributed by atoms with Crippen molar-refractivity contribution in [1.29, 1.82) is 0 Å². The third kappa shape index (κ3) is 6.42. The van der Waals surface area contributed by atoms with Gasteiger partial charge in [-0.15, -0.1) is 11.3 Å². The van der Waals surface area contributed by atoms with Gasteiger partial charge in [-0.1, -0.05) is 26.8 Å². The number of carbonyl (C=O) groups is 1. The highest BCUT2D eigenvalue weighted by atomic mass is 32.1. The summed E-state index contributed by atoms with van der Waals surface area (Å²) in [6.07, 6.45) is 0.905. The number of amides is 1. The summed E-state index contributed by atoms with van der Waals surface area (Å²) in [7, 11) is 4.09. The zero-order chi connectivity index (χ0) is 19.2. The fraction of sp³-hybridized carbons (Fsp3) is 0.500. The Bertz CT molecular complexity index is 693. The Kier molecular flexibility index (Phi) is 7.17. The molecule has 142 valence electrons. The summed E-state index contributed by atoms with van der Waals surface area (Å²) in [5.41, 5.74) is 3.27. The Morgan fingerprint density at radius 2 is 2.12 bits per heavy atom. The minimum Gasteiger partial charge on any atom is -0.487 e. The number of hydrogen-bond donors (Lipinski definition) is 1. The second kappa shape index (κ2) is 9.14. The van der Waals surface area contributed by atoms with Gasteiger partial charge in [0.25, 0.3) is 5.91 Å². The van der Waals surface area contributed by atoms with E-state index < -0.39 is 0 Å². The number of hydrogen-bond acceptors (Lipinski definition) is 5. The van der Waals surface area contributed by atoms with E-state index in [1.807, 2.05) is 37.7 Å². The van der Waals surface area contributed by atoms with Crippen molar-refractivity contribution in [3.63, 3.8) is 0 Å². The van der Waals surface area contributed by atoms with Crippen molar-refractivity contribution in [2.45, 2.75) is 39.8 Å². The van der Waals surface area contributed by atoms with E-state index in [0.717, 1.165) is 18.7 Å². The lowest BCUT2D eigenvalue weighted by molar-refractivity contribution is 0.0892. The Morgan fingerprint density at radius 1 is 1.35 bits per heavy atom. The molecule has 1 aromatic heterocycles. The topological polar surface area (TPSA) is 54.5 Å². The maximum absolute atomic E-state index is 12.7. The molecule has 26 heavy (non-hydrogen) atoms. The van der Waals surface area contributed by atoms with Crippen molar-refractivity contribution < 1.29 is 9.53 Å². The first kappa shape index (κ1) is 20.4. The third-order valence-electron chi connectivity index (χ3n) is 4.18. The van der Waals surface area contributed by atoms with Crippen LogP contribution in [-0.4, -0.2) is 42.5 Å². The average molecular weight is 376 g/mol. The Hall–Kier alpha value is -1.92. The van der Waals surface area contributed by atoms with E-state index in [1.165, 1.54) is 11.3 Å². The number of aromatic nitrogens is 1. The van der Waals surface area contributed by atoms with Crippen LogP contribution in [0.4, 0.5) is 0 Å². The molecule has 0 spiro atoms. The highest BCUT2D eigenvalue weighted by Gasteiger charge is 2.26. The lowest BCUT2D eigenvalue weighted by Gasteiger charge is -2.32. The molecular weight excluding hydrogens is 346 g/mol. The largest absolute Gasteiger partial charge is 0.487 e. The SMILES string of the molecule is CN(C)CCC(NC(=O)c1cccc(OCc2cscn2)c1)C(C)(C)C. The van der Waals surface area contributed by atoms with Crippen LogP contribution in [0.15, 0.2) is 35.2 Å². The van der Waals surface area contributed by atoms with Crippen molar-refractivity contribution in [3.8, 4) is 5.75 Å². The maximum atomic E-state index is 12.7. The molecule has 0 aliphatic carbocycles. The fourth-order valence-corrected chi connectivity index (χ4v) is 3.09. The molecule has 0 saturated heterocycles. The first-order valence-electron chi connectivity index (χ1n) is 8.81. The lowest BCUT2D eigenvalue weighted by atomic mass is 9.84. The number of carbonyl (C=O) groups excluding carboxylic acids is 1. The standard InChI is InChI=1S/C20H29N3O2S/c1-20(2,3)18(9-10-23(4)5)22-19(24)15-7-6-8-17(11-15)25-12-16-13-26-14-21-16/h6-8,11,13-14,18H,9-10,12H2,1-5H3,(H,22,24). The Labute approximate surface area is 160 Å². The van der Waals surface area contributed by atoms with Gasteiger partial charge in [0.2, 0.25) is 0 Å². The van der Waals surface area contributed by atoms with Crippen LogP contribution in [0, 0.1) is 5.41 Å². The molecule has 1 N–H and O–H groups in total. The highest BCUT2D eigenvalue weighted by Crippen LogP contribution is 2.23. The molecule has 0 saturated carbocycles. The molecule has 1 heterocycles. The number of benzene rings is 1. The minimum atomic E-state index is -0.0669. The van der Waals surface area contributed by atoms with Crippen molar-refractivity contribution in [1.82, 2.24) is 15.2 Å². The number of nitrogens with zero attached hydrogens (tertiary/aromatic N) is 2. The van der Waals surface area contributed by atoms with Gasteiger partial charge >= 0.3 is 0 Å². The summed E-state index contributed by atoms with van der Waals surface area (Å²) >= 11 is 1.54. The molecule has 2 aromatic rings. The van der Waals surface area contributed by atoms with E-state index in [1.54, 1.807) is 11.6 Å². The Morgan fingerprint density at radius 3 is 2.73 bits per heavy atom. The molecule has 2 rings (SSSR count). The summed E-state index contributed by atoms with van der Waals surface area (Å²) in [4.78, 5) is 19.1. The van der Waals surface area contributed by atoms with Gasteiger partial charge in [-0.25, -0.2) is 4.98 Å². The number of ether oxygens (including phenoxy) is 1. The van der Waals surface area contributed by atoms with Crippen LogP contribution in [0.3, 0.4) is 0 Å². The van der Waals surface area contributed by atoms with Gasteiger partial charge in [-0.2, -0.15) is 0 Å². The number of thiazole rings is 1. The van der Waals surface area contributed by atoms with Gasteiger partial charge in [0, 0.05) is 17.0 Å². The van der Waals surface area contributed by atoms with Gasteiger partial charge in [0.15, 0.2) is 0 Å². The van der Waals surface area contributed by atoms with Crippen LogP contribution in [0.1, 0.15) is 43.2 Å². The normalized spacial score (nSPS) is 12.8. The van der Waals surface area contributed by atoms with Crippen LogP contribution in [0.25, 0.3) is 0 Å². The van der Waals surface area contributed by atoms with Crippen molar-refractivity contribution in [3.05, 3.63) is 46.4 Å². The third-order valence-corrected chi connectivity index (χ3v) is 4.82. The van der Waals surface area contributed by atoms with Crippen molar-refractivity contribution in [2.24, 2.45) is 5.41 Å². The molecule has 1 aromatic carbocycles. The predicted molar refractivity (Wildman–Crippen MR) is 107 cm³/mol. The first-order chi connectivity index (χ1) is 12.3. The van der Waals surface area contributed by atoms with E-state index in [9.17, 15) is 4.79 Å². The van der Waals surface area contributed by atoms with Crippen LogP contribution in [0.5, 0.6) is 5.75 Å². The summed E-state index contributed by atoms with van der Waals surface area (Å²) in [5, 5.41) is 5.15. The molecule has 0 aliphatic heterocycles. The van der Waals surface area contributed by atoms with E-state index in [0.29, 0.717) is 17.9 Å². The van der Waals surface area contributed by atoms with Gasteiger partial charge in [-0.3, -0.25) is 4.79 Å². The second-order valence-corrected chi connectivity index (χ2v) is 8.50. The zero-order valence-electron chi connectivity index (χ0n) is 16.3. The molecular formula is C20H29N3O2S. The van der Waals surface area contributed by atoms with Gasteiger partial charge in [0.1, 0.15) is 12.4 Å². The molecule has 1 amide bonds. The molecule has 0 bridgehead atoms. The molecule has 5 nitrogen and oxygen atoms in total. The smallest absolute Gasteiger partial charge is 0.251 e. The molecule has 1 unspecified atom stereocenters. The van der Waals surface area contributed by atoms with E-state index in [4.69, 9.17) is 4.74 Å². The summed E-state index contributed by atoms with van der Waals surface area (Å²) in [6.45, 7) is 7.80. The molecule has 6 heteroatoms. The molecule has 0 radical (unpaired) electrons. The first-order valence-corrected chi connectivity index (χ1v) is 9.75. The number of nitrogens with one attached hydrogen (secondary N) is 1. The van der Waals surface area contributed by atoms with Crippen molar-refractivity contribution in [2.75, 3.05) is 20.6 Å². The van der Waals surface area contributed by atoms with E-state index >= 15 is 0 Å². The molecule has 1 atom stereocenters. The quantitative estimate of drug-likeness (QED) is 0.762. The summed E-state index contributed by atoms with van der Waals surface area (Å²) in [5.74, 6) is 0.606. The lowest BCUT2D eigenvalue weighted by Crippen LogP contribution is -2.45. The molecule has 0 aliphatic rings. The summed E-state index contributed by atoms with van der Waals surface area (Å²) in [6, 6.07) is 7.40. The van der Waals surface area contributed by atoms with Crippen LogP contribution < -0.4 is 10.1 Å². The number of rotatable bonds is 8. The maximum Gasteiger partial charge on any atom is 0.251 e. The van der Waals surface area contributed by atoms with Gasteiger partial charge in [0.05, 0.1) is 11.2 Å². The monoisotopic (exact) mass is 375 g/mol. The van der Waals surface area contributed by atoms with Crippen LogP contribution in [-0.2, 0) is 6.61 Å². The zero-order valence-corrected chi connectivity index (χ0v) is 17.1. The summed E-state index contributed by atoms with van der Waals surface area (Å²) < 4.78 is 5.75. The van der Waals surface area contributed by atoms with Crippen LogP contribution >= 0.6 is 11.3 Å². The second-order valence-electron chi connectivity index (χ2n) is 7.78. The van der Waals surface area contributed by atoms with E-state index in [2.05, 4.69) is 36.0 Å². The fourth-order valence-electron chi connectivity index (χ4n) is 2.54.